The maximum Gasteiger partial charge on any atom is 0.391 e. The van der Waals surface area contributed by atoms with Gasteiger partial charge in [0.15, 0.2) is 0 Å². The first-order valence-corrected chi connectivity index (χ1v) is 7.24. The fraction of sp³-hybridized carbons (Fsp3) is 0.455. The van der Waals surface area contributed by atoms with Gasteiger partial charge in [0, 0.05) is 8.90 Å². The van der Waals surface area contributed by atoms with E-state index in [2.05, 4.69) is 38.5 Å². The predicted octanol–water partition coefficient (Wildman–Crippen LogP) is 4.89. The summed E-state index contributed by atoms with van der Waals surface area (Å²) in [6.07, 6.45) is -5.39. The highest BCUT2D eigenvalue weighted by Crippen LogP contribution is 2.28. The first-order valence-electron chi connectivity index (χ1n) is 4.93. The van der Waals surface area contributed by atoms with Gasteiger partial charge >= 0.3 is 6.18 Å². The first kappa shape index (κ1) is 15.2. The van der Waals surface area contributed by atoms with E-state index in [0.717, 1.165) is 10.0 Å². The lowest BCUT2D eigenvalue weighted by molar-refractivity contribution is -0.148. The molecule has 0 fully saturated rings. The van der Waals surface area contributed by atoms with Gasteiger partial charge in [0.1, 0.15) is 0 Å². The summed E-state index contributed by atoms with van der Waals surface area (Å²) in [6.45, 7) is -0.307. The van der Waals surface area contributed by atoms with Crippen molar-refractivity contribution in [2.45, 2.75) is 18.7 Å². The number of hydrogen-bond donors (Lipinski definition) is 0. The molecule has 0 N–H and O–H groups in total. The fourth-order valence-corrected chi connectivity index (χ4v) is 2.54. The van der Waals surface area contributed by atoms with E-state index < -0.39 is 12.6 Å². The second-order valence-electron chi connectivity index (χ2n) is 3.40. The molecule has 0 saturated carbocycles. The van der Waals surface area contributed by atoms with Gasteiger partial charge < -0.3 is 4.74 Å². The Morgan fingerprint density at radius 3 is 2.47 bits per heavy atom. The van der Waals surface area contributed by atoms with Crippen LogP contribution in [0.4, 0.5) is 13.2 Å². The molecule has 0 aliphatic carbocycles. The van der Waals surface area contributed by atoms with Crippen molar-refractivity contribution in [3.63, 3.8) is 0 Å². The molecule has 1 nitrogen and oxygen atoms in total. The second-order valence-corrected chi connectivity index (χ2v) is 5.14. The van der Waals surface area contributed by atoms with E-state index in [-0.39, 0.29) is 12.7 Å². The summed E-state index contributed by atoms with van der Waals surface area (Å²) in [5, 5.41) is 0. The highest BCUT2D eigenvalue weighted by molar-refractivity contribution is 14.1. The van der Waals surface area contributed by atoms with Crippen LogP contribution in [0.1, 0.15) is 18.1 Å². The van der Waals surface area contributed by atoms with Crippen LogP contribution in [-0.2, 0) is 4.74 Å². The molecule has 0 aromatic heterocycles. The van der Waals surface area contributed by atoms with Gasteiger partial charge in [0.25, 0.3) is 0 Å². The Labute approximate surface area is 120 Å². The van der Waals surface area contributed by atoms with E-state index in [1.54, 1.807) is 0 Å². The molecule has 0 heterocycles. The lowest BCUT2D eigenvalue weighted by atomic mass is 10.1. The monoisotopic (exact) mass is 422 g/mol. The van der Waals surface area contributed by atoms with Crippen molar-refractivity contribution in [2.24, 2.45) is 0 Å². The zero-order valence-corrected chi connectivity index (χ0v) is 12.5. The van der Waals surface area contributed by atoms with Crippen LogP contribution in [0.5, 0.6) is 0 Å². The van der Waals surface area contributed by atoms with Gasteiger partial charge in [-0.1, -0.05) is 56.7 Å². The van der Waals surface area contributed by atoms with Gasteiger partial charge in [-0.25, -0.2) is 0 Å². The van der Waals surface area contributed by atoms with E-state index in [1.807, 2.05) is 24.3 Å². The highest BCUT2D eigenvalue weighted by atomic mass is 127. The molecule has 6 heteroatoms. The number of rotatable bonds is 5. The van der Waals surface area contributed by atoms with Crippen LogP contribution in [-0.4, -0.2) is 17.2 Å². The van der Waals surface area contributed by atoms with Crippen molar-refractivity contribution >= 4 is 38.5 Å². The molecule has 0 aliphatic heterocycles. The number of benzene rings is 1. The number of halogens is 5. The Kier molecular flexibility index (Phi) is 6.22. The third-order valence-corrected chi connectivity index (χ3v) is 3.62. The molecule has 0 bridgehead atoms. The molecule has 1 aromatic carbocycles. The Balaban J connectivity index is 2.58. The topological polar surface area (TPSA) is 9.23 Å². The minimum absolute atomic E-state index is 0.307. The summed E-state index contributed by atoms with van der Waals surface area (Å²) >= 11 is 5.47. The lowest BCUT2D eigenvalue weighted by Gasteiger charge is -2.17. The van der Waals surface area contributed by atoms with Crippen LogP contribution >= 0.6 is 38.5 Å². The van der Waals surface area contributed by atoms with E-state index in [4.69, 9.17) is 4.74 Å². The van der Waals surface area contributed by atoms with Crippen molar-refractivity contribution in [1.82, 2.24) is 0 Å². The molecule has 1 aromatic rings. The molecule has 0 aliphatic rings. The van der Waals surface area contributed by atoms with Crippen LogP contribution in [0, 0.1) is 0 Å². The van der Waals surface area contributed by atoms with Gasteiger partial charge in [-0.05, 0) is 11.6 Å². The molecule has 0 spiro atoms. The minimum atomic E-state index is -4.16. The summed E-state index contributed by atoms with van der Waals surface area (Å²) in [5.41, 5.74) is 0.879. The van der Waals surface area contributed by atoms with Gasteiger partial charge in [-0.3, -0.25) is 0 Å². The van der Waals surface area contributed by atoms with E-state index in [9.17, 15) is 13.2 Å². The molecular weight excluding hydrogens is 412 g/mol. The smallest absolute Gasteiger partial charge is 0.372 e. The second kappa shape index (κ2) is 6.94. The first-order chi connectivity index (χ1) is 7.94. The molecule has 1 unspecified atom stereocenters. The van der Waals surface area contributed by atoms with Crippen molar-refractivity contribution in [2.75, 3.05) is 11.0 Å². The highest BCUT2D eigenvalue weighted by Gasteiger charge is 2.27. The number of alkyl halides is 4. The largest absolute Gasteiger partial charge is 0.391 e. The maximum atomic E-state index is 12.0. The molecule has 0 saturated heterocycles. The van der Waals surface area contributed by atoms with Crippen molar-refractivity contribution in [3.05, 3.63) is 34.3 Å². The van der Waals surface area contributed by atoms with Crippen LogP contribution in [0.3, 0.4) is 0 Å². The van der Waals surface area contributed by atoms with Crippen molar-refractivity contribution in [3.8, 4) is 0 Å². The van der Waals surface area contributed by atoms with Gasteiger partial charge in [0.2, 0.25) is 0 Å². The average molecular weight is 423 g/mol. The van der Waals surface area contributed by atoms with E-state index in [1.165, 1.54) is 0 Å². The maximum absolute atomic E-state index is 12.0. The van der Waals surface area contributed by atoms with Gasteiger partial charge in [-0.15, -0.1) is 0 Å². The van der Waals surface area contributed by atoms with E-state index >= 15 is 0 Å². The van der Waals surface area contributed by atoms with Crippen LogP contribution in [0.2, 0.25) is 0 Å². The summed E-state index contributed by atoms with van der Waals surface area (Å²) in [7, 11) is 0. The molecule has 0 amide bonds. The number of hydrogen-bond acceptors (Lipinski definition) is 1. The van der Waals surface area contributed by atoms with Crippen LogP contribution in [0.25, 0.3) is 0 Å². The molecular formula is C11H11BrF3IO. The molecule has 1 atom stereocenters. The minimum Gasteiger partial charge on any atom is -0.372 e. The molecule has 96 valence electrons. The third kappa shape index (κ3) is 5.56. The van der Waals surface area contributed by atoms with Crippen LogP contribution in [0.15, 0.2) is 28.7 Å². The zero-order valence-electron chi connectivity index (χ0n) is 8.81. The summed E-state index contributed by atoms with van der Waals surface area (Å²) in [6, 6.07) is 7.39. The van der Waals surface area contributed by atoms with E-state index in [0.29, 0.717) is 4.43 Å². The fourth-order valence-electron chi connectivity index (χ4n) is 1.27. The standard InChI is InChI=1S/C11H11BrF3IO/c12-9-4-2-1-3-8(9)10(7-16)17-6-5-11(13,14)15/h1-4,10H,5-7H2. The summed E-state index contributed by atoms with van der Waals surface area (Å²) in [5.74, 6) is 0. The van der Waals surface area contributed by atoms with Gasteiger partial charge in [0.05, 0.1) is 19.1 Å². The lowest BCUT2D eigenvalue weighted by Crippen LogP contribution is -2.14. The average Bonchev–Trinajstić information content (AvgIpc) is 2.24. The Bertz CT molecular complexity index is 357. The predicted molar refractivity (Wildman–Crippen MR) is 72.4 cm³/mol. The number of ether oxygens (including phenoxy) is 1. The van der Waals surface area contributed by atoms with Crippen LogP contribution < -0.4 is 0 Å². The zero-order chi connectivity index (χ0) is 12.9. The molecule has 1 rings (SSSR count). The molecule has 0 radical (unpaired) electrons. The van der Waals surface area contributed by atoms with Crippen molar-refractivity contribution < 1.29 is 17.9 Å². The molecule has 17 heavy (non-hydrogen) atoms. The summed E-state index contributed by atoms with van der Waals surface area (Å²) < 4.78 is 42.7. The quantitative estimate of drug-likeness (QED) is 0.484. The summed E-state index contributed by atoms with van der Waals surface area (Å²) in [4.78, 5) is 0. The van der Waals surface area contributed by atoms with Crippen molar-refractivity contribution in [1.29, 1.82) is 0 Å². The Morgan fingerprint density at radius 1 is 1.29 bits per heavy atom. The Morgan fingerprint density at radius 2 is 1.94 bits per heavy atom. The normalized spacial score (nSPS) is 13.7. The SMILES string of the molecule is FC(F)(F)CCOC(CI)c1ccccc1Br. The third-order valence-electron chi connectivity index (χ3n) is 2.10. The van der Waals surface area contributed by atoms with Gasteiger partial charge in [-0.2, -0.15) is 13.2 Å². The Hall–Kier alpha value is 0.180.